The lowest BCUT2D eigenvalue weighted by Gasteiger charge is -2.19. The van der Waals surface area contributed by atoms with Crippen LogP contribution in [0, 0.1) is 0 Å². The highest BCUT2D eigenvalue weighted by molar-refractivity contribution is 7.92. The molecule has 0 bridgehead atoms. The first-order valence-corrected chi connectivity index (χ1v) is 10.0. The van der Waals surface area contributed by atoms with Crippen molar-refractivity contribution in [1.82, 2.24) is 5.32 Å². The molecule has 0 aliphatic carbocycles. The number of hydrogen-bond acceptors (Lipinski definition) is 4. The van der Waals surface area contributed by atoms with E-state index in [0.29, 0.717) is 12.3 Å². The Kier molecular flexibility index (Phi) is 7.03. The van der Waals surface area contributed by atoms with Crippen LogP contribution < -0.4 is 14.4 Å². The zero-order valence-corrected chi connectivity index (χ0v) is 15.8. The first-order valence-electron chi connectivity index (χ1n) is 8.42. The number of nitrogens with one attached hydrogen (secondary N) is 1. The Hall–Kier alpha value is -2.54. The Morgan fingerprint density at radius 1 is 1.08 bits per heavy atom. The van der Waals surface area contributed by atoms with E-state index in [9.17, 15) is 13.2 Å². The van der Waals surface area contributed by atoms with Crippen molar-refractivity contribution < 1.29 is 17.9 Å². The maximum atomic E-state index is 12.3. The zero-order valence-electron chi connectivity index (χ0n) is 15.0. The molecule has 2 aromatic carbocycles. The third kappa shape index (κ3) is 5.77. The molecule has 1 amide bonds. The van der Waals surface area contributed by atoms with Crippen LogP contribution in [0.1, 0.15) is 12.5 Å². The number of carbonyl (C=O) groups excluding carboxylic acids is 1. The van der Waals surface area contributed by atoms with E-state index >= 15 is 0 Å². The summed E-state index contributed by atoms with van der Waals surface area (Å²) in [6.07, 6.45) is 0.195. The molecule has 0 aliphatic rings. The average molecular weight is 376 g/mol. The number of sulfonamides is 1. The quantitative estimate of drug-likeness (QED) is 0.728. The molecule has 0 fully saturated rings. The predicted octanol–water partition coefficient (Wildman–Crippen LogP) is 2.21. The predicted molar refractivity (Wildman–Crippen MR) is 103 cm³/mol. The average Bonchev–Trinajstić information content (AvgIpc) is 2.63. The van der Waals surface area contributed by atoms with E-state index in [1.807, 2.05) is 37.3 Å². The minimum atomic E-state index is -3.49. The lowest BCUT2D eigenvalue weighted by molar-refractivity contribution is -0.120. The molecule has 2 aromatic rings. The van der Waals surface area contributed by atoms with Crippen LogP contribution in [0.2, 0.25) is 0 Å². The van der Waals surface area contributed by atoms with E-state index in [2.05, 4.69) is 5.32 Å². The van der Waals surface area contributed by atoms with Crippen LogP contribution >= 0.6 is 0 Å². The molecule has 0 spiro atoms. The summed E-state index contributed by atoms with van der Waals surface area (Å²) in [5.74, 6) is 0.381. The van der Waals surface area contributed by atoms with Crippen molar-refractivity contribution in [3.05, 3.63) is 60.2 Å². The van der Waals surface area contributed by atoms with E-state index < -0.39 is 10.0 Å². The SMILES string of the molecule is CCOc1ccc(CC(=O)NCCS(=O)(=O)N(C)c2ccccc2)cc1. The fraction of sp³-hybridized carbons (Fsp3) is 0.316. The summed E-state index contributed by atoms with van der Waals surface area (Å²) in [4.78, 5) is 12.0. The van der Waals surface area contributed by atoms with Crippen molar-refractivity contribution in [3.8, 4) is 5.75 Å². The van der Waals surface area contributed by atoms with Crippen LogP contribution in [0.3, 0.4) is 0 Å². The number of rotatable bonds is 9. The highest BCUT2D eigenvalue weighted by Crippen LogP contribution is 2.15. The number of nitrogens with zero attached hydrogens (tertiary/aromatic N) is 1. The van der Waals surface area contributed by atoms with Gasteiger partial charge in [0.1, 0.15) is 5.75 Å². The third-order valence-electron chi connectivity index (χ3n) is 3.82. The zero-order chi connectivity index (χ0) is 19.0. The Morgan fingerprint density at radius 3 is 2.35 bits per heavy atom. The molecule has 0 unspecified atom stereocenters. The minimum Gasteiger partial charge on any atom is -0.494 e. The van der Waals surface area contributed by atoms with Crippen LogP contribution in [0.4, 0.5) is 5.69 Å². The van der Waals surface area contributed by atoms with Gasteiger partial charge >= 0.3 is 0 Å². The number of hydrogen-bond donors (Lipinski definition) is 1. The summed E-state index contributed by atoms with van der Waals surface area (Å²) in [6, 6.07) is 16.1. The molecule has 0 aliphatic heterocycles. The summed E-state index contributed by atoms with van der Waals surface area (Å²) in [5.41, 5.74) is 1.43. The lowest BCUT2D eigenvalue weighted by atomic mass is 10.1. The Labute approximate surface area is 154 Å². The molecular formula is C19H24N2O4S. The Morgan fingerprint density at radius 2 is 1.73 bits per heavy atom. The topological polar surface area (TPSA) is 75.7 Å². The number of benzene rings is 2. The number of para-hydroxylation sites is 1. The fourth-order valence-electron chi connectivity index (χ4n) is 2.37. The maximum Gasteiger partial charge on any atom is 0.236 e. The van der Waals surface area contributed by atoms with Crippen molar-refractivity contribution in [2.75, 3.05) is 30.3 Å². The first kappa shape index (κ1) is 19.8. The van der Waals surface area contributed by atoms with Crippen molar-refractivity contribution in [2.24, 2.45) is 0 Å². The molecule has 0 heterocycles. The van der Waals surface area contributed by atoms with Crippen LogP contribution in [0.25, 0.3) is 0 Å². The molecule has 0 radical (unpaired) electrons. The van der Waals surface area contributed by atoms with E-state index in [4.69, 9.17) is 4.74 Å². The van der Waals surface area contributed by atoms with Gasteiger partial charge in [0.25, 0.3) is 0 Å². The lowest BCUT2D eigenvalue weighted by Crippen LogP contribution is -2.36. The number of carbonyl (C=O) groups is 1. The van der Waals surface area contributed by atoms with Crippen LogP contribution in [0.15, 0.2) is 54.6 Å². The Bertz CT molecular complexity index is 805. The van der Waals surface area contributed by atoms with Crippen molar-refractivity contribution >= 4 is 21.6 Å². The minimum absolute atomic E-state index is 0.0649. The van der Waals surface area contributed by atoms with Gasteiger partial charge in [-0.2, -0.15) is 0 Å². The second-order valence-corrected chi connectivity index (χ2v) is 7.84. The van der Waals surface area contributed by atoms with Gasteiger partial charge in [0.2, 0.25) is 15.9 Å². The summed E-state index contributed by atoms with van der Waals surface area (Å²) in [6.45, 7) is 2.56. The van der Waals surface area contributed by atoms with Gasteiger partial charge in [-0.3, -0.25) is 9.10 Å². The van der Waals surface area contributed by atoms with Gasteiger partial charge in [-0.1, -0.05) is 30.3 Å². The van der Waals surface area contributed by atoms with Gasteiger partial charge in [-0.15, -0.1) is 0 Å². The molecule has 2 rings (SSSR count). The molecule has 26 heavy (non-hydrogen) atoms. The largest absolute Gasteiger partial charge is 0.494 e. The van der Waals surface area contributed by atoms with Crippen molar-refractivity contribution in [3.63, 3.8) is 0 Å². The van der Waals surface area contributed by atoms with Crippen LogP contribution in [0.5, 0.6) is 5.75 Å². The standard InChI is InChI=1S/C19H24N2O4S/c1-3-25-18-11-9-16(10-12-18)15-19(22)20-13-14-26(23,24)21(2)17-7-5-4-6-8-17/h4-12H,3,13-15H2,1-2H3,(H,20,22). The molecule has 0 saturated carbocycles. The monoisotopic (exact) mass is 376 g/mol. The summed E-state index contributed by atoms with van der Waals surface area (Å²) in [7, 11) is -1.99. The molecule has 0 aromatic heterocycles. The Balaban J connectivity index is 1.81. The highest BCUT2D eigenvalue weighted by atomic mass is 32.2. The van der Waals surface area contributed by atoms with E-state index in [-0.39, 0.29) is 24.6 Å². The van der Waals surface area contributed by atoms with Gasteiger partial charge in [0, 0.05) is 13.6 Å². The molecule has 140 valence electrons. The second-order valence-electron chi connectivity index (χ2n) is 5.72. The van der Waals surface area contributed by atoms with E-state index in [0.717, 1.165) is 11.3 Å². The number of anilines is 1. The molecule has 7 heteroatoms. The van der Waals surface area contributed by atoms with Crippen LogP contribution in [-0.2, 0) is 21.2 Å². The number of amides is 1. The van der Waals surface area contributed by atoms with Gasteiger partial charge in [0.15, 0.2) is 0 Å². The third-order valence-corrected chi connectivity index (χ3v) is 5.58. The van der Waals surface area contributed by atoms with Crippen molar-refractivity contribution in [2.45, 2.75) is 13.3 Å². The van der Waals surface area contributed by atoms with Gasteiger partial charge in [-0.25, -0.2) is 8.42 Å². The smallest absolute Gasteiger partial charge is 0.236 e. The molecule has 0 saturated heterocycles. The van der Waals surface area contributed by atoms with E-state index in [1.54, 1.807) is 24.3 Å². The first-order chi connectivity index (χ1) is 12.4. The van der Waals surface area contributed by atoms with Gasteiger partial charge in [0.05, 0.1) is 24.5 Å². The van der Waals surface area contributed by atoms with Crippen molar-refractivity contribution in [1.29, 1.82) is 0 Å². The normalized spacial score (nSPS) is 11.0. The summed E-state index contributed by atoms with van der Waals surface area (Å²) in [5, 5.41) is 2.66. The summed E-state index contributed by atoms with van der Waals surface area (Å²) < 4.78 is 31.2. The summed E-state index contributed by atoms with van der Waals surface area (Å²) >= 11 is 0. The molecule has 1 N–H and O–H groups in total. The molecule has 6 nitrogen and oxygen atoms in total. The van der Waals surface area contributed by atoms with Gasteiger partial charge in [-0.05, 0) is 36.8 Å². The van der Waals surface area contributed by atoms with E-state index in [1.165, 1.54) is 11.4 Å². The fourth-order valence-corrected chi connectivity index (χ4v) is 3.45. The molecular weight excluding hydrogens is 352 g/mol. The van der Waals surface area contributed by atoms with Crippen LogP contribution in [-0.4, -0.2) is 40.3 Å². The second kappa shape index (κ2) is 9.24. The van der Waals surface area contributed by atoms with Gasteiger partial charge < -0.3 is 10.1 Å². The molecule has 0 atom stereocenters. The highest BCUT2D eigenvalue weighted by Gasteiger charge is 2.18. The number of ether oxygens (including phenoxy) is 1. The maximum absolute atomic E-state index is 12.3.